The zero-order valence-electron chi connectivity index (χ0n) is 11.8. The average molecular weight is 298 g/mol. The number of aryl methyl sites for hydroxylation is 1. The predicted molar refractivity (Wildman–Crippen MR) is 79.9 cm³/mol. The Kier molecular flexibility index (Phi) is 7.22. The summed E-state index contributed by atoms with van der Waals surface area (Å²) in [5.74, 6) is 1.22. The molecule has 0 amide bonds. The Morgan fingerprint density at radius 3 is 2.65 bits per heavy atom. The van der Waals surface area contributed by atoms with Crippen LogP contribution < -0.4 is 5.32 Å². The lowest BCUT2D eigenvalue weighted by atomic mass is 10.1. The molecule has 0 saturated heterocycles. The summed E-state index contributed by atoms with van der Waals surface area (Å²) in [4.78, 5) is 4.35. The van der Waals surface area contributed by atoms with Gasteiger partial charge in [0.05, 0.1) is 13.2 Å². The van der Waals surface area contributed by atoms with Crippen molar-refractivity contribution in [3.05, 3.63) is 35.7 Å². The Morgan fingerprint density at radius 1 is 1.25 bits per heavy atom. The Morgan fingerprint density at radius 2 is 2.00 bits per heavy atom. The van der Waals surface area contributed by atoms with E-state index in [1.54, 1.807) is 7.11 Å². The molecule has 20 heavy (non-hydrogen) atoms. The molecule has 1 aromatic heterocycles. The van der Waals surface area contributed by atoms with Gasteiger partial charge in [-0.15, -0.1) is 12.4 Å². The van der Waals surface area contributed by atoms with Gasteiger partial charge in [-0.2, -0.15) is 4.98 Å². The highest BCUT2D eigenvalue weighted by Crippen LogP contribution is 2.16. The normalized spacial score (nSPS) is 10.3. The van der Waals surface area contributed by atoms with E-state index in [9.17, 15) is 0 Å². The van der Waals surface area contributed by atoms with Crippen LogP contribution in [0.4, 0.5) is 0 Å². The maximum absolute atomic E-state index is 5.19. The van der Waals surface area contributed by atoms with Crippen LogP contribution in [0.25, 0.3) is 11.4 Å². The molecule has 110 valence electrons. The summed E-state index contributed by atoms with van der Waals surface area (Å²) in [6.07, 6.45) is 1.03. The summed E-state index contributed by atoms with van der Waals surface area (Å²) in [6.45, 7) is 4.12. The van der Waals surface area contributed by atoms with E-state index in [2.05, 4.69) is 34.5 Å². The van der Waals surface area contributed by atoms with Crippen LogP contribution in [0.2, 0.25) is 0 Å². The summed E-state index contributed by atoms with van der Waals surface area (Å²) in [6, 6.07) is 8.21. The highest BCUT2D eigenvalue weighted by Gasteiger charge is 2.07. The zero-order chi connectivity index (χ0) is 13.5. The average Bonchev–Trinajstić information content (AvgIpc) is 2.92. The first-order valence-electron chi connectivity index (χ1n) is 6.45. The highest BCUT2D eigenvalue weighted by atomic mass is 35.5. The maximum atomic E-state index is 5.19. The standard InChI is InChI=1S/C14H19N3O2.ClH/c1-3-11-4-6-12(7-5-11)14-16-13(19-17-14)10-15-8-9-18-2;/h4-7,15H,3,8-10H2,1-2H3;1H. The van der Waals surface area contributed by atoms with Gasteiger partial charge in [0.2, 0.25) is 11.7 Å². The number of nitrogens with zero attached hydrogens (tertiary/aromatic N) is 2. The van der Waals surface area contributed by atoms with E-state index < -0.39 is 0 Å². The second kappa shape index (κ2) is 8.68. The monoisotopic (exact) mass is 297 g/mol. The molecule has 0 radical (unpaired) electrons. The van der Waals surface area contributed by atoms with Gasteiger partial charge in [0, 0.05) is 19.2 Å². The van der Waals surface area contributed by atoms with E-state index in [0.717, 1.165) is 18.5 Å². The van der Waals surface area contributed by atoms with E-state index in [0.29, 0.717) is 24.9 Å². The SMILES string of the molecule is CCc1ccc(-c2noc(CNCCOC)n2)cc1.Cl. The molecule has 6 heteroatoms. The molecule has 0 aliphatic heterocycles. The van der Waals surface area contributed by atoms with Crippen LogP contribution in [0.1, 0.15) is 18.4 Å². The molecule has 0 saturated carbocycles. The number of ether oxygens (including phenoxy) is 1. The largest absolute Gasteiger partial charge is 0.383 e. The van der Waals surface area contributed by atoms with Gasteiger partial charge in [0.15, 0.2) is 0 Å². The lowest BCUT2D eigenvalue weighted by molar-refractivity contribution is 0.197. The van der Waals surface area contributed by atoms with Crippen molar-refractivity contribution in [1.29, 1.82) is 0 Å². The predicted octanol–water partition coefficient (Wildman–Crippen LogP) is 2.46. The van der Waals surface area contributed by atoms with Gasteiger partial charge in [0.1, 0.15) is 0 Å². The molecule has 0 unspecified atom stereocenters. The second-order valence-corrected chi connectivity index (χ2v) is 4.23. The molecule has 1 heterocycles. The van der Waals surface area contributed by atoms with Crippen molar-refractivity contribution in [3.63, 3.8) is 0 Å². The summed E-state index contributed by atoms with van der Waals surface area (Å²) in [7, 11) is 1.67. The highest BCUT2D eigenvalue weighted by molar-refractivity contribution is 5.85. The number of benzene rings is 1. The van der Waals surface area contributed by atoms with Gasteiger partial charge in [-0.3, -0.25) is 0 Å². The summed E-state index contributed by atoms with van der Waals surface area (Å²) in [5, 5.41) is 7.15. The molecule has 2 rings (SSSR count). The summed E-state index contributed by atoms with van der Waals surface area (Å²) in [5.41, 5.74) is 2.28. The van der Waals surface area contributed by atoms with E-state index in [1.807, 2.05) is 12.1 Å². The van der Waals surface area contributed by atoms with Crippen molar-refractivity contribution in [3.8, 4) is 11.4 Å². The van der Waals surface area contributed by atoms with E-state index in [4.69, 9.17) is 9.26 Å². The minimum absolute atomic E-state index is 0. The van der Waals surface area contributed by atoms with Crippen molar-refractivity contribution < 1.29 is 9.26 Å². The van der Waals surface area contributed by atoms with Gasteiger partial charge < -0.3 is 14.6 Å². The number of methoxy groups -OCH3 is 1. The number of halogens is 1. The molecule has 0 spiro atoms. The molecule has 0 bridgehead atoms. The van der Waals surface area contributed by atoms with Crippen LogP contribution >= 0.6 is 12.4 Å². The first-order chi connectivity index (χ1) is 9.33. The van der Waals surface area contributed by atoms with Crippen LogP contribution in [0, 0.1) is 0 Å². The quantitative estimate of drug-likeness (QED) is 0.796. The van der Waals surface area contributed by atoms with E-state index in [1.165, 1.54) is 5.56 Å². The molecule has 0 aliphatic carbocycles. The number of hydrogen-bond donors (Lipinski definition) is 1. The molecular weight excluding hydrogens is 278 g/mol. The smallest absolute Gasteiger partial charge is 0.240 e. The Bertz CT molecular complexity index is 499. The Hall–Kier alpha value is -1.43. The lowest BCUT2D eigenvalue weighted by Crippen LogP contribution is -2.18. The van der Waals surface area contributed by atoms with Crippen LogP contribution in [-0.2, 0) is 17.7 Å². The lowest BCUT2D eigenvalue weighted by Gasteiger charge is -1.99. The topological polar surface area (TPSA) is 60.2 Å². The molecule has 2 aromatic rings. The van der Waals surface area contributed by atoms with Crippen molar-refractivity contribution >= 4 is 12.4 Å². The zero-order valence-corrected chi connectivity index (χ0v) is 12.6. The first kappa shape index (κ1) is 16.6. The Balaban J connectivity index is 0.00000200. The van der Waals surface area contributed by atoms with Gasteiger partial charge in [-0.1, -0.05) is 36.3 Å². The third-order valence-corrected chi connectivity index (χ3v) is 2.85. The third-order valence-electron chi connectivity index (χ3n) is 2.85. The number of aromatic nitrogens is 2. The summed E-state index contributed by atoms with van der Waals surface area (Å²) < 4.78 is 10.1. The van der Waals surface area contributed by atoms with Gasteiger partial charge in [-0.05, 0) is 12.0 Å². The van der Waals surface area contributed by atoms with Crippen molar-refractivity contribution in [1.82, 2.24) is 15.5 Å². The van der Waals surface area contributed by atoms with Gasteiger partial charge in [0.25, 0.3) is 0 Å². The van der Waals surface area contributed by atoms with E-state index >= 15 is 0 Å². The first-order valence-corrected chi connectivity index (χ1v) is 6.45. The minimum Gasteiger partial charge on any atom is -0.383 e. The van der Waals surface area contributed by atoms with Crippen LogP contribution in [0.5, 0.6) is 0 Å². The van der Waals surface area contributed by atoms with E-state index in [-0.39, 0.29) is 12.4 Å². The third kappa shape index (κ3) is 4.59. The fourth-order valence-electron chi connectivity index (χ4n) is 1.70. The van der Waals surface area contributed by atoms with Crippen molar-refractivity contribution in [2.24, 2.45) is 0 Å². The molecule has 5 nitrogen and oxygen atoms in total. The van der Waals surface area contributed by atoms with Gasteiger partial charge in [-0.25, -0.2) is 0 Å². The fourth-order valence-corrected chi connectivity index (χ4v) is 1.70. The number of nitrogens with one attached hydrogen (secondary N) is 1. The van der Waals surface area contributed by atoms with Gasteiger partial charge >= 0.3 is 0 Å². The van der Waals surface area contributed by atoms with Crippen molar-refractivity contribution in [2.45, 2.75) is 19.9 Å². The van der Waals surface area contributed by atoms with Crippen molar-refractivity contribution in [2.75, 3.05) is 20.3 Å². The van der Waals surface area contributed by atoms with Crippen LogP contribution in [0.3, 0.4) is 0 Å². The Labute approximate surface area is 125 Å². The summed E-state index contributed by atoms with van der Waals surface area (Å²) >= 11 is 0. The molecule has 0 atom stereocenters. The molecular formula is C14H20ClN3O2. The fraction of sp³-hybridized carbons (Fsp3) is 0.429. The van der Waals surface area contributed by atoms with Crippen LogP contribution in [0.15, 0.2) is 28.8 Å². The molecule has 1 N–H and O–H groups in total. The molecule has 1 aromatic carbocycles. The molecule has 0 aliphatic rings. The minimum atomic E-state index is 0. The second-order valence-electron chi connectivity index (χ2n) is 4.23. The number of rotatable bonds is 7. The van der Waals surface area contributed by atoms with Crippen LogP contribution in [-0.4, -0.2) is 30.4 Å². The number of hydrogen-bond acceptors (Lipinski definition) is 5. The molecule has 0 fully saturated rings. The maximum Gasteiger partial charge on any atom is 0.240 e.